The van der Waals surface area contributed by atoms with E-state index in [1.54, 1.807) is 31.6 Å². The molecule has 0 amide bonds. The Balaban J connectivity index is 1.35. The molecule has 0 bridgehead atoms. The van der Waals surface area contributed by atoms with Crippen molar-refractivity contribution in [1.29, 1.82) is 0 Å². The van der Waals surface area contributed by atoms with Gasteiger partial charge in [-0.2, -0.15) is 8.78 Å². The van der Waals surface area contributed by atoms with Gasteiger partial charge in [0, 0.05) is 31.9 Å². The summed E-state index contributed by atoms with van der Waals surface area (Å²) < 4.78 is 32.1. The van der Waals surface area contributed by atoms with Crippen LogP contribution < -0.4 is 20.3 Å². The fourth-order valence-corrected chi connectivity index (χ4v) is 3.75. The van der Waals surface area contributed by atoms with E-state index in [0.29, 0.717) is 24.7 Å². The first-order valence-corrected chi connectivity index (χ1v) is 10.3. The van der Waals surface area contributed by atoms with Crippen LogP contribution in [-0.2, 0) is 6.54 Å². The van der Waals surface area contributed by atoms with Gasteiger partial charge in [-0.05, 0) is 30.7 Å². The quantitative estimate of drug-likeness (QED) is 0.434. The highest BCUT2D eigenvalue weighted by Gasteiger charge is 2.26. The van der Waals surface area contributed by atoms with Crippen molar-refractivity contribution in [3.8, 4) is 11.4 Å². The molecular weight excluding hydrogens is 416 g/mol. The van der Waals surface area contributed by atoms with Gasteiger partial charge in [0.25, 0.3) is 0 Å². The van der Waals surface area contributed by atoms with Gasteiger partial charge in [-0.15, -0.1) is 10.2 Å². The minimum Gasteiger partial charge on any atom is -0.433 e. The first-order chi connectivity index (χ1) is 15.6. The summed E-state index contributed by atoms with van der Waals surface area (Å²) in [7, 11) is 1.70. The van der Waals surface area contributed by atoms with Crippen LogP contribution in [-0.4, -0.2) is 53.5 Å². The minimum atomic E-state index is -2.85. The third kappa shape index (κ3) is 5.13. The predicted octanol–water partition coefficient (Wildman–Crippen LogP) is 2.81. The Morgan fingerprint density at radius 3 is 2.75 bits per heavy atom. The molecule has 1 unspecified atom stereocenters. The number of rotatable bonds is 7. The molecule has 1 fully saturated rings. The number of alkyl halides is 2. The number of nitrogens with one attached hydrogen (secondary N) is 2. The third-order valence-electron chi connectivity index (χ3n) is 5.24. The van der Waals surface area contributed by atoms with Gasteiger partial charge < -0.3 is 20.3 Å². The van der Waals surface area contributed by atoms with Crippen molar-refractivity contribution in [2.24, 2.45) is 4.99 Å². The topological polar surface area (TPSA) is 79.6 Å². The van der Waals surface area contributed by atoms with Crippen LogP contribution in [0.2, 0.25) is 0 Å². The molecule has 168 valence electrons. The van der Waals surface area contributed by atoms with Crippen LogP contribution in [0.25, 0.3) is 5.69 Å². The third-order valence-corrected chi connectivity index (χ3v) is 5.24. The van der Waals surface area contributed by atoms with Gasteiger partial charge in [0.05, 0.1) is 12.2 Å². The highest BCUT2D eigenvalue weighted by molar-refractivity contribution is 5.80. The molecular formula is C22H25F2N7O. The number of aliphatic imine (C=N–C) groups is 1. The summed E-state index contributed by atoms with van der Waals surface area (Å²) in [4.78, 5) is 6.34. The number of benzene rings is 2. The van der Waals surface area contributed by atoms with Crippen molar-refractivity contribution in [1.82, 2.24) is 25.4 Å². The molecule has 8 nitrogen and oxygen atoms in total. The van der Waals surface area contributed by atoms with Gasteiger partial charge in [0.2, 0.25) is 0 Å². The zero-order valence-corrected chi connectivity index (χ0v) is 17.7. The molecule has 4 rings (SSSR count). The molecule has 0 radical (unpaired) electrons. The molecule has 0 saturated carbocycles. The van der Waals surface area contributed by atoms with E-state index in [1.165, 1.54) is 0 Å². The van der Waals surface area contributed by atoms with Crippen LogP contribution in [0.1, 0.15) is 12.2 Å². The molecule has 1 atom stereocenters. The average molecular weight is 441 g/mol. The summed E-state index contributed by atoms with van der Waals surface area (Å²) in [5.41, 5.74) is 1.64. The molecule has 32 heavy (non-hydrogen) atoms. The van der Waals surface area contributed by atoms with Crippen molar-refractivity contribution in [2.75, 3.05) is 25.0 Å². The first kappa shape index (κ1) is 21.5. The molecule has 2 N–H and O–H groups in total. The Bertz CT molecular complexity index is 1040. The normalized spacial score (nSPS) is 16.4. The number of guanidine groups is 1. The zero-order chi connectivity index (χ0) is 22.3. The Kier molecular flexibility index (Phi) is 6.78. The lowest BCUT2D eigenvalue weighted by Gasteiger charge is -2.22. The van der Waals surface area contributed by atoms with Crippen LogP contribution in [0.3, 0.4) is 0 Å². The SMILES string of the molecule is CN=C(NCc1nncn1-c1ccccc1)NC1CCN(c2ccccc2OC(F)F)C1. The fourth-order valence-electron chi connectivity index (χ4n) is 3.75. The maximum atomic E-state index is 12.7. The van der Waals surface area contributed by atoms with Gasteiger partial charge in [-0.1, -0.05) is 30.3 Å². The Hall–Kier alpha value is -3.69. The molecule has 1 aromatic heterocycles. The van der Waals surface area contributed by atoms with Crippen LogP contribution in [0.15, 0.2) is 65.9 Å². The largest absolute Gasteiger partial charge is 0.433 e. The van der Waals surface area contributed by atoms with Gasteiger partial charge in [0.1, 0.15) is 12.1 Å². The van der Waals surface area contributed by atoms with E-state index < -0.39 is 6.61 Å². The molecule has 2 heterocycles. The lowest BCUT2D eigenvalue weighted by molar-refractivity contribution is -0.0495. The van der Waals surface area contributed by atoms with Crippen LogP contribution >= 0.6 is 0 Å². The summed E-state index contributed by atoms with van der Waals surface area (Å²) in [6.07, 6.45) is 2.51. The predicted molar refractivity (Wildman–Crippen MR) is 118 cm³/mol. The molecule has 2 aromatic carbocycles. The van der Waals surface area contributed by atoms with Gasteiger partial charge >= 0.3 is 6.61 Å². The number of hydrogen-bond donors (Lipinski definition) is 2. The summed E-state index contributed by atoms with van der Waals surface area (Å²) in [6, 6.07) is 16.8. The zero-order valence-electron chi connectivity index (χ0n) is 17.7. The summed E-state index contributed by atoms with van der Waals surface area (Å²) in [5.74, 6) is 1.58. The summed E-state index contributed by atoms with van der Waals surface area (Å²) in [5, 5.41) is 14.9. The van der Waals surface area contributed by atoms with Crippen molar-refractivity contribution in [3.63, 3.8) is 0 Å². The number of para-hydroxylation sites is 3. The molecule has 0 aliphatic carbocycles. The van der Waals surface area contributed by atoms with E-state index in [2.05, 4.69) is 30.6 Å². The summed E-state index contributed by atoms with van der Waals surface area (Å²) in [6.45, 7) is -1.05. The smallest absolute Gasteiger partial charge is 0.387 e. The number of hydrogen-bond acceptors (Lipinski definition) is 5. The standard InChI is InChI=1S/C22H25F2N7O/c1-25-22(26-13-20-29-27-15-31(20)17-7-3-2-4-8-17)28-16-11-12-30(14-16)18-9-5-6-10-19(18)32-21(23)24/h2-10,15-16,21H,11-14H2,1H3,(H2,25,26,28). The van der Waals surface area contributed by atoms with Crippen molar-refractivity contribution in [3.05, 3.63) is 66.7 Å². The van der Waals surface area contributed by atoms with Gasteiger partial charge in [-0.3, -0.25) is 9.56 Å². The Labute approximate surface area is 184 Å². The van der Waals surface area contributed by atoms with E-state index in [-0.39, 0.29) is 11.8 Å². The lowest BCUT2D eigenvalue weighted by atomic mass is 10.2. The highest BCUT2D eigenvalue weighted by atomic mass is 19.3. The number of halogens is 2. The Morgan fingerprint density at radius 1 is 1.19 bits per heavy atom. The number of aromatic nitrogens is 3. The Morgan fingerprint density at radius 2 is 1.97 bits per heavy atom. The molecule has 0 spiro atoms. The highest BCUT2D eigenvalue weighted by Crippen LogP contribution is 2.31. The first-order valence-electron chi connectivity index (χ1n) is 10.3. The molecule has 1 aliphatic rings. The minimum absolute atomic E-state index is 0.104. The molecule has 1 saturated heterocycles. The van der Waals surface area contributed by atoms with Gasteiger partial charge in [-0.25, -0.2) is 0 Å². The van der Waals surface area contributed by atoms with Crippen LogP contribution in [0.4, 0.5) is 14.5 Å². The van der Waals surface area contributed by atoms with E-state index in [0.717, 1.165) is 24.5 Å². The molecule has 1 aliphatic heterocycles. The molecule has 3 aromatic rings. The van der Waals surface area contributed by atoms with Crippen LogP contribution in [0.5, 0.6) is 5.75 Å². The van der Waals surface area contributed by atoms with Crippen molar-refractivity contribution < 1.29 is 13.5 Å². The lowest BCUT2D eigenvalue weighted by Crippen LogP contribution is -2.44. The maximum absolute atomic E-state index is 12.7. The maximum Gasteiger partial charge on any atom is 0.387 e. The van der Waals surface area contributed by atoms with E-state index in [9.17, 15) is 8.78 Å². The second-order valence-corrected chi connectivity index (χ2v) is 7.30. The summed E-state index contributed by atoms with van der Waals surface area (Å²) >= 11 is 0. The van der Waals surface area contributed by atoms with E-state index >= 15 is 0 Å². The second-order valence-electron chi connectivity index (χ2n) is 7.30. The van der Waals surface area contributed by atoms with Crippen molar-refractivity contribution in [2.45, 2.75) is 25.6 Å². The van der Waals surface area contributed by atoms with E-state index in [4.69, 9.17) is 0 Å². The van der Waals surface area contributed by atoms with E-state index in [1.807, 2.05) is 45.9 Å². The number of ether oxygens (including phenoxy) is 1. The molecule has 10 heteroatoms. The fraction of sp³-hybridized carbons (Fsp3) is 0.318. The monoisotopic (exact) mass is 441 g/mol. The van der Waals surface area contributed by atoms with Crippen LogP contribution in [0, 0.1) is 0 Å². The number of nitrogens with zero attached hydrogens (tertiary/aromatic N) is 5. The number of anilines is 1. The van der Waals surface area contributed by atoms with Crippen molar-refractivity contribution >= 4 is 11.6 Å². The van der Waals surface area contributed by atoms with Gasteiger partial charge in [0.15, 0.2) is 11.8 Å². The average Bonchev–Trinajstić information content (AvgIpc) is 3.47. The second kappa shape index (κ2) is 10.1.